The quantitative estimate of drug-likeness (QED) is 0.700. The lowest BCUT2D eigenvalue weighted by Gasteiger charge is -2.39. The van der Waals surface area contributed by atoms with E-state index in [-0.39, 0.29) is 29.7 Å². The highest BCUT2D eigenvalue weighted by Crippen LogP contribution is 2.65. The number of carbonyl (C=O) groups excluding carboxylic acids is 2. The maximum absolute atomic E-state index is 12.0. The van der Waals surface area contributed by atoms with E-state index in [0.29, 0.717) is 25.0 Å². The largest absolute Gasteiger partial charge is 0.380 e. The first-order valence-corrected chi connectivity index (χ1v) is 7.93. The monoisotopic (exact) mass is 296 g/mol. The number of nitrogens with one attached hydrogen (secondary N) is 1. The average Bonchev–Trinajstić information content (AvgIpc) is 2.71. The average molecular weight is 296 g/mol. The standard InChI is InChI=1S/C16H28N2O3/c1-15(2)11-4-7-16(15,3)12(10-11)18-14(20)6-9-21-8-5-13(17)19/h11-12H,4-10H2,1-3H3,(H2,17,19)(H,18,20)/t11-,12+,16-/m0/s1. The van der Waals surface area contributed by atoms with Crippen molar-refractivity contribution in [1.29, 1.82) is 0 Å². The second kappa shape index (κ2) is 5.95. The van der Waals surface area contributed by atoms with Crippen LogP contribution in [0.2, 0.25) is 0 Å². The Morgan fingerprint density at radius 1 is 1.24 bits per heavy atom. The Hall–Kier alpha value is -1.10. The predicted molar refractivity (Wildman–Crippen MR) is 80.4 cm³/mol. The summed E-state index contributed by atoms with van der Waals surface area (Å²) in [6.07, 6.45) is 4.13. The van der Waals surface area contributed by atoms with Crippen molar-refractivity contribution in [3.8, 4) is 0 Å². The fraction of sp³-hybridized carbons (Fsp3) is 0.875. The van der Waals surface area contributed by atoms with Gasteiger partial charge in [0, 0.05) is 18.9 Å². The van der Waals surface area contributed by atoms with Gasteiger partial charge in [-0.3, -0.25) is 9.59 Å². The zero-order valence-corrected chi connectivity index (χ0v) is 13.4. The Bertz CT molecular complexity index is 422. The van der Waals surface area contributed by atoms with E-state index in [4.69, 9.17) is 10.5 Å². The zero-order chi connectivity index (χ0) is 15.7. The van der Waals surface area contributed by atoms with Crippen LogP contribution in [0.4, 0.5) is 0 Å². The van der Waals surface area contributed by atoms with Crippen LogP contribution in [0, 0.1) is 16.7 Å². The van der Waals surface area contributed by atoms with Crippen LogP contribution in [-0.4, -0.2) is 31.1 Å². The molecule has 120 valence electrons. The third kappa shape index (κ3) is 3.07. The van der Waals surface area contributed by atoms with Gasteiger partial charge in [0.1, 0.15) is 0 Å². The van der Waals surface area contributed by atoms with Crippen molar-refractivity contribution in [3.63, 3.8) is 0 Å². The highest BCUT2D eigenvalue weighted by atomic mass is 16.5. The van der Waals surface area contributed by atoms with Gasteiger partial charge in [0.25, 0.3) is 0 Å². The minimum absolute atomic E-state index is 0.0450. The van der Waals surface area contributed by atoms with Crippen LogP contribution in [0.3, 0.4) is 0 Å². The van der Waals surface area contributed by atoms with Gasteiger partial charge in [0.05, 0.1) is 13.2 Å². The van der Waals surface area contributed by atoms with Gasteiger partial charge < -0.3 is 15.8 Å². The number of carbonyl (C=O) groups is 2. The van der Waals surface area contributed by atoms with E-state index in [0.717, 1.165) is 12.3 Å². The highest BCUT2D eigenvalue weighted by Gasteiger charge is 2.61. The Labute approximate surface area is 127 Å². The van der Waals surface area contributed by atoms with E-state index >= 15 is 0 Å². The summed E-state index contributed by atoms with van der Waals surface area (Å²) >= 11 is 0. The molecule has 5 nitrogen and oxygen atoms in total. The van der Waals surface area contributed by atoms with Crippen molar-refractivity contribution in [2.45, 2.75) is 58.9 Å². The van der Waals surface area contributed by atoms with E-state index in [1.54, 1.807) is 0 Å². The third-order valence-electron chi connectivity index (χ3n) is 6.10. The second-order valence-corrected chi connectivity index (χ2v) is 7.31. The Kier molecular flexibility index (Phi) is 4.61. The molecule has 2 amide bonds. The molecule has 0 heterocycles. The summed E-state index contributed by atoms with van der Waals surface area (Å²) in [5.41, 5.74) is 5.54. The van der Waals surface area contributed by atoms with Gasteiger partial charge in [-0.15, -0.1) is 0 Å². The first-order valence-electron chi connectivity index (χ1n) is 7.93. The summed E-state index contributed by atoms with van der Waals surface area (Å²) in [6, 6.07) is 0.282. The molecule has 0 spiro atoms. The van der Waals surface area contributed by atoms with Crippen LogP contribution in [0.25, 0.3) is 0 Å². The molecule has 21 heavy (non-hydrogen) atoms. The number of primary amides is 1. The van der Waals surface area contributed by atoms with Crippen LogP contribution in [0.1, 0.15) is 52.9 Å². The van der Waals surface area contributed by atoms with E-state index in [1.807, 2.05) is 0 Å². The van der Waals surface area contributed by atoms with Crippen molar-refractivity contribution >= 4 is 11.8 Å². The molecular weight excluding hydrogens is 268 g/mol. The fourth-order valence-electron chi connectivity index (χ4n) is 4.13. The highest BCUT2D eigenvalue weighted by molar-refractivity contribution is 5.76. The summed E-state index contributed by atoms with van der Waals surface area (Å²) in [5.74, 6) is 0.389. The van der Waals surface area contributed by atoms with E-state index < -0.39 is 0 Å². The third-order valence-corrected chi connectivity index (χ3v) is 6.10. The van der Waals surface area contributed by atoms with Crippen LogP contribution in [0.5, 0.6) is 0 Å². The molecule has 2 aliphatic carbocycles. The van der Waals surface area contributed by atoms with Crippen molar-refractivity contribution in [1.82, 2.24) is 5.32 Å². The smallest absolute Gasteiger partial charge is 0.222 e. The molecule has 5 heteroatoms. The van der Waals surface area contributed by atoms with Gasteiger partial charge in [-0.05, 0) is 36.0 Å². The summed E-state index contributed by atoms with van der Waals surface area (Å²) < 4.78 is 5.25. The number of amides is 2. The van der Waals surface area contributed by atoms with Gasteiger partial charge in [-0.1, -0.05) is 20.8 Å². The molecule has 0 radical (unpaired) electrons. The molecular formula is C16H28N2O3. The number of nitrogens with two attached hydrogens (primary N) is 1. The van der Waals surface area contributed by atoms with Gasteiger partial charge in [0.15, 0.2) is 0 Å². The summed E-state index contributed by atoms with van der Waals surface area (Å²) in [4.78, 5) is 22.6. The molecule has 3 atom stereocenters. The van der Waals surface area contributed by atoms with Gasteiger partial charge >= 0.3 is 0 Å². The molecule has 2 rings (SSSR count). The van der Waals surface area contributed by atoms with Gasteiger partial charge in [-0.25, -0.2) is 0 Å². The molecule has 0 saturated heterocycles. The molecule has 2 aliphatic rings. The lowest BCUT2D eigenvalue weighted by molar-refractivity contribution is -0.124. The predicted octanol–water partition coefficient (Wildman–Crippen LogP) is 1.60. The van der Waals surface area contributed by atoms with Crippen LogP contribution < -0.4 is 11.1 Å². The molecule has 2 saturated carbocycles. The molecule has 0 aliphatic heterocycles. The number of fused-ring (bicyclic) bond motifs is 2. The number of rotatable bonds is 7. The number of ether oxygens (including phenoxy) is 1. The van der Waals surface area contributed by atoms with Crippen molar-refractivity contribution < 1.29 is 14.3 Å². The number of hydrogen-bond donors (Lipinski definition) is 2. The van der Waals surface area contributed by atoms with Gasteiger partial charge in [-0.2, -0.15) is 0 Å². The Balaban J connectivity index is 1.73. The van der Waals surface area contributed by atoms with Crippen molar-refractivity contribution in [3.05, 3.63) is 0 Å². The topological polar surface area (TPSA) is 81.4 Å². The summed E-state index contributed by atoms with van der Waals surface area (Å²) in [7, 11) is 0. The van der Waals surface area contributed by atoms with Crippen molar-refractivity contribution in [2.24, 2.45) is 22.5 Å². The maximum Gasteiger partial charge on any atom is 0.222 e. The zero-order valence-electron chi connectivity index (χ0n) is 13.4. The van der Waals surface area contributed by atoms with Crippen LogP contribution in [-0.2, 0) is 14.3 Å². The lowest BCUT2D eigenvalue weighted by Crippen LogP contribution is -2.47. The second-order valence-electron chi connectivity index (χ2n) is 7.31. The normalized spacial score (nSPS) is 33.1. The molecule has 0 unspecified atom stereocenters. The molecule has 3 N–H and O–H groups in total. The molecule has 2 bridgehead atoms. The van der Waals surface area contributed by atoms with Crippen molar-refractivity contribution in [2.75, 3.05) is 13.2 Å². The molecule has 0 aromatic carbocycles. The first kappa shape index (κ1) is 16.3. The summed E-state index contributed by atoms with van der Waals surface area (Å²) in [5, 5.41) is 3.20. The maximum atomic E-state index is 12.0. The van der Waals surface area contributed by atoms with Crippen LogP contribution in [0.15, 0.2) is 0 Å². The molecule has 0 aromatic rings. The Morgan fingerprint density at radius 3 is 2.43 bits per heavy atom. The SMILES string of the molecule is CC1(C)[C@H]2CC[C@@]1(C)[C@H](NC(=O)CCOCCC(N)=O)C2. The van der Waals surface area contributed by atoms with E-state index in [1.165, 1.54) is 12.8 Å². The van der Waals surface area contributed by atoms with E-state index in [2.05, 4.69) is 26.1 Å². The number of hydrogen-bond acceptors (Lipinski definition) is 3. The van der Waals surface area contributed by atoms with Crippen LogP contribution >= 0.6 is 0 Å². The Morgan fingerprint density at radius 2 is 1.90 bits per heavy atom. The first-order chi connectivity index (χ1) is 9.77. The summed E-state index contributed by atoms with van der Waals surface area (Å²) in [6.45, 7) is 7.62. The molecule has 2 fully saturated rings. The van der Waals surface area contributed by atoms with E-state index in [9.17, 15) is 9.59 Å². The van der Waals surface area contributed by atoms with Gasteiger partial charge in [0.2, 0.25) is 11.8 Å². The minimum atomic E-state index is -0.378. The minimum Gasteiger partial charge on any atom is -0.380 e. The fourth-order valence-corrected chi connectivity index (χ4v) is 4.13. The molecule has 0 aromatic heterocycles. The lowest BCUT2D eigenvalue weighted by atomic mass is 9.69.